The second-order valence-electron chi connectivity index (χ2n) is 5.32. The highest BCUT2D eigenvalue weighted by Crippen LogP contribution is 2.16. The molecule has 1 amide bonds. The molecule has 0 bridgehead atoms. The molecule has 1 aromatic carbocycles. The molecule has 1 heterocycles. The van der Waals surface area contributed by atoms with Gasteiger partial charge in [0.2, 0.25) is 0 Å². The molecule has 0 N–H and O–H groups in total. The van der Waals surface area contributed by atoms with Crippen LogP contribution >= 0.6 is 0 Å². The molecule has 0 unspecified atom stereocenters. The number of methoxy groups -OCH3 is 1. The van der Waals surface area contributed by atoms with Crippen molar-refractivity contribution in [3.63, 3.8) is 0 Å². The average molecular weight is 276 g/mol. The first-order valence-corrected chi connectivity index (χ1v) is 7.33. The monoisotopic (exact) mass is 276 g/mol. The van der Waals surface area contributed by atoms with Gasteiger partial charge in [0.1, 0.15) is 5.75 Å². The smallest absolute Gasteiger partial charge is 0.254 e. The van der Waals surface area contributed by atoms with Gasteiger partial charge in [-0.2, -0.15) is 0 Å². The van der Waals surface area contributed by atoms with E-state index in [1.165, 1.54) is 0 Å². The van der Waals surface area contributed by atoms with Crippen molar-refractivity contribution in [2.24, 2.45) is 0 Å². The van der Waals surface area contributed by atoms with Gasteiger partial charge in [-0.3, -0.25) is 9.69 Å². The number of hydrogen-bond donors (Lipinski definition) is 0. The minimum absolute atomic E-state index is 0.104. The minimum Gasteiger partial charge on any atom is -0.497 e. The highest BCUT2D eigenvalue weighted by atomic mass is 16.5. The van der Waals surface area contributed by atoms with Crippen LogP contribution in [-0.2, 0) is 0 Å². The molecular weight excluding hydrogens is 252 g/mol. The van der Waals surface area contributed by atoms with Crippen LogP contribution in [0.3, 0.4) is 0 Å². The summed E-state index contributed by atoms with van der Waals surface area (Å²) >= 11 is 0. The van der Waals surface area contributed by atoms with E-state index in [2.05, 4.69) is 18.7 Å². The third kappa shape index (κ3) is 3.31. The summed E-state index contributed by atoms with van der Waals surface area (Å²) in [7, 11) is 1.62. The van der Waals surface area contributed by atoms with Gasteiger partial charge in [0.25, 0.3) is 5.91 Å². The normalized spacial score (nSPS) is 17.9. The van der Waals surface area contributed by atoms with Crippen LogP contribution in [0.5, 0.6) is 5.75 Å². The molecule has 2 rings (SSSR count). The summed E-state index contributed by atoms with van der Waals surface area (Å²) in [5.41, 5.74) is 0.710. The predicted molar refractivity (Wildman–Crippen MR) is 80.2 cm³/mol. The molecule has 1 fully saturated rings. The molecule has 1 atom stereocenters. The van der Waals surface area contributed by atoms with Crippen molar-refractivity contribution in [3.8, 4) is 5.75 Å². The number of ether oxygens (including phenoxy) is 1. The van der Waals surface area contributed by atoms with Gasteiger partial charge in [-0.25, -0.2) is 0 Å². The van der Waals surface area contributed by atoms with Crippen LogP contribution in [0.4, 0.5) is 0 Å². The summed E-state index contributed by atoms with van der Waals surface area (Å²) in [5, 5.41) is 0. The molecule has 0 saturated carbocycles. The first kappa shape index (κ1) is 14.9. The van der Waals surface area contributed by atoms with Crippen LogP contribution in [-0.4, -0.2) is 55.0 Å². The van der Waals surface area contributed by atoms with Crippen LogP contribution < -0.4 is 4.74 Å². The van der Waals surface area contributed by atoms with Gasteiger partial charge in [0, 0.05) is 37.8 Å². The largest absolute Gasteiger partial charge is 0.497 e. The van der Waals surface area contributed by atoms with Crippen molar-refractivity contribution in [1.29, 1.82) is 0 Å². The summed E-state index contributed by atoms with van der Waals surface area (Å²) in [6.45, 7) is 7.99. The Morgan fingerprint density at radius 3 is 2.60 bits per heavy atom. The second kappa shape index (κ2) is 6.75. The number of carbonyl (C=O) groups excluding carboxylic acids is 1. The van der Waals surface area contributed by atoms with Gasteiger partial charge in [0.05, 0.1) is 7.11 Å². The van der Waals surface area contributed by atoms with Crippen molar-refractivity contribution in [1.82, 2.24) is 9.80 Å². The topological polar surface area (TPSA) is 32.8 Å². The third-order valence-electron chi connectivity index (χ3n) is 4.13. The fraction of sp³-hybridized carbons (Fsp3) is 0.562. The highest BCUT2D eigenvalue weighted by Gasteiger charge is 2.24. The maximum atomic E-state index is 12.5. The quantitative estimate of drug-likeness (QED) is 0.845. The van der Waals surface area contributed by atoms with Gasteiger partial charge >= 0.3 is 0 Å². The molecule has 1 saturated heterocycles. The van der Waals surface area contributed by atoms with E-state index in [1.54, 1.807) is 7.11 Å². The number of nitrogens with zero attached hydrogens (tertiary/aromatic N) is 2. The standard InChI is InChI=1S/C16H24N2O2/c1-4-13(2)17-8-10-18(11-9-17)16(19)14-6-5-7-15(12-14)20-3/h5-7,12-13H,4,8-11H2,1-3H3/t13-/m0/s1. The highest BCUT2D eigenvalue weighted by molar-refractivity contribution is 5.94. The number of carbonyl (C=O) groups is 1. The predicted octanol–water partition coefficient (Wildman–Crippen LogP) is 2.25. The number of benzene rings is 1. The molecule has 4 heteroatoms. The lowest BCUT2D eigenvalue weighted by molar-refractivity contribution is 0.0579. The van der Waals surface area contributed by atoms with Crippen molar-refractivity contribution in [2.45, 2.75) is 26.3 Å². The Balaban J connectivity index is 1.97. The van der Waals surface area contributed by atoms with E-state index >= 15 is 0 Å². The minimum atomic E-state index is 0.104. The summed E-state index contributed by atoms with van der Waals surface area (Å²) in [6.07, 6.45) is 1.16. The Labute approximate surface area is 121 Å². The van der Waals surface area contributed by atoms with Crippen molar-refractivity contribution in [2.75, 3.05) is 33.3 Å². The molecule has 110 valence electrons. The first-order valence-electron chi connectivity index (χ1n) is 7.33. The lowest BCUT2D eigenvalue weighted by atomic mass is 10.1. The molecule has 1 aliphatic rings. The zero-order chi connectivity index (χ0) is 14.5. The Hall–Kier alpha value is -1.55. The van der Waals surface area contributed by atoms with E-state index in [1.807, 2.05) is 29.2 Å². The van der Waals surface area contributed by atoms with Crippen LogP contribution in [0, 0.1) is 0 Å². The fourth-order valence-electron chi connectivity index (χ4n) is 2.56. The number of rotatable bonds is 4. The number of piperazine rings is 1. The third-order valence-corrected chi connectivity index (χ3v) is 4.13. The van der Waals surface area contributed by atoms with Crippen LogP contribution in [0.15, 0.2) is 24.3 Å². The second-order valence-corrected chi connectivity index (χ2v) is 5.32. The van der Waals surface area contributed by atoms with Crippen LogP contribution in [0.2, 0.25) is 0 Å². The summed E-state index contributed by atoms with van der Waals surface area (Å²) in [5.74, 6) is 0.835. The van der Waals surface area contributed by atoms with E-state index in [4.69, 9.17) is 4.74 Å². The molecule has 0 aliphatic carbocycles. The number of amides is 1. The van der Waals surface area contributed by atoms with Crippen LogP contribution in [0.25, 0.3) is 0 Å². The maximum absolute atomic E-state index is 12.5. The molecule has 0 radical (unpaired) electrons. The van der Waals surface area contributed by atoms with Gasteiger partial charge in [0.15, 0.2) is 0 Å². The van der Waals surface area contributed by atoms with Crippen molar-refractivity contribution >= 4 is 5.91 Å². The molecule has 4 nitrogen and oxygen atoms in total. The molecule has 1 aromatic rings. The van der Waals surface area contributed by atoms with E-state index in [9.17, 15) is 4.79 Å². The van der Waals surface area contributed by atoms with E-state index < -0.39 is 0 Å². The van der Waals surface area contributed by atoms with Crippen molar-refractivity contribution in [3.05, 3.63) is 29.8 Å². The molecular formula is C16H24N2O2. The Morgan fingerprint density at radius 2 is 2.00 bits per heavy atom. The van der Waals surface area contributed by atoms with E-state index in [0.717, 1.165) is 38.3 Å². The Bertz CT molecular complexity index is 454. The zero-order valence-corrected chi connectivity index (χ0v) is 12.6. The fourth-order valence-corrected chi connectivity index (χ4v) is 2.56. The van der Waals surface area contributed by atoms with Gasteiger partial charge < -0.3 is 9.64 Å². The lowest BCUT2D eigenvalue weighted by Gasteiger charge is -2.37. The zero-order valence-electron chi connectivity index (χ0n) is 12.6. The number of hydrogen-bond acceptors (Lipinski definition) is 3. The van der Waals surface area contributed by atoms with E-state index in [0.29, 0.717) is 11.6 Å². The van der Waals surface area contributed by atoms with Gasteiger partial charge in [-0.15, -0.1) is 0 Å². The van der Waals surface area contributed by atoms with Crippen molar-refractivity contribution < 1.29 is 9.53 Å². The molecule has 0 spiro atoms. The Kier molecular flexibility index (Phi) is 5.01. The molecule has 1 aliphatic heterocycles. The summed E-state index contributed by atoms with van der Waals surface area (Å²) in [4.78, 5) is 16.9. The van der Waals surface area contributed by atoms with Gasteiger partial charge in [-0.05, 0) is 31.5 Å². The maximum Gasteiger partial charge on any atom is 0.254 e. The van der Waals surface area contributed by atoms with E-state index in [-0.39, 0.29) is 5.91 Å². The Morgan fingerprint density at radius 1 is 1.30 bits per heavy atom. The van der Waals surface area contributed by atoms with Gasteiger partial charge in [-0.1, -0.05) is 13.0 Å². The average Bonchev–Trinajstić information content (AvgIpc) is 2.53. The summed E-state index contributed by atoms with van der Waals surface area (Å²) in [6, 6.07) is 7.98. The molecule has 20 heavy (non-hydrogen) atoms. The van der Waals surface area contributed by atoms with Crippen LogP contribution in [0.1, 0.15) is 30.6 Å². The SMILES string of the molecule is CC[C@H](C)N1CCN(C(=O)c2cccc(OC)c2)CC1. The first-order chi connectivity index (χ1) is 9.65. The summed E-state index contributed by atoms with van der Waals surface area (Å²) < 4.78 is 5.18. The lowest BCUT2D eigenvalue weighted by Crippen LogP contribution is -2.51. The molecule has 0 aromatic heterocycles.